The van der Waals surface area contributed by atoms with Gasteiger partial charge in [0.1, 0.15) is 5.69 Å². The summed E-state index contributed by atoms with van der Waals surface area (Å²) in [6.45, 7) is 8.18. The number of anilines is 1. The second-order valence-corrected chi connectivity index (χ2v) is 9.57. The van der Waals surface area contributed by atoms with Gasteiger partial charge in [-0.25, -0.2) is 4.68 Å². The molecule has 2 aromatic carbocycles. The molecule has 0 amide bonds. The maximum absolute atomic E-state index is 5.16. The van der Waals surface area contributed by atoms with Gasteiger partial charge in [-0.05, 0) is 30.4 Å². The molecule has 0 fully saturated rings. The van der Waals surface area contributed by atoms with Crippen molar-refractivity contribution in [2.24, 2.45) is 5.92 Å². The van der Waals surface area contributed by atoms with E-state index in [1.807, 2.05) is 0 Å². The van der Waals surface area contributed by atoms with E-state index in [9.17, 15) is 0 Å². The highest BCUT2D eigenvalue weighted by Crippen LogP contribution is 2.41. The highest BCUT2D eigenvalue weighted by molar-refractivity contribution is 5.88. The molecular formula is C28H38N4O. The first-order chi connectivity index (χ1) is 16.2. The van der Waals surface area contributed by atoms with Crippen molar-refractivity contribution in [1.29, 1.82) is 0 Å². The standard InChI is InChI=1S/C28H38N4O/c1-22(2)20-32-28-25-16-10-11-17-26(25)31(18-12-6-4-5-7-13-19-33-3)21-23-14-8-9-15-24(23)27(28)29-30-32/h8-11,14-17,22H,4-7,12-13,18-21H2,1-3H3. The Morgan fingerprint density at radius 2 is 1.58 bits per heavy atom. The van der Waals surface area contributed by atoms with Crippen LogP contribution in [0.2, 0.25) is 0 Å². The minimum Gasteiger partial charge on any atom is -0.385 e. The molecule has 1 aliphatic rings. The third-order valence-electron chi connectivity index (χ3n) is 6.43. The Balaban J connectivity index is 1.60. The fourth-order valence-electron chi connectivity index (χ4n) is 4.82. The Morgan fingerprint density at radius 3 is 2.36 bits per heavy atom. The molecule has 5 heteroatoms. The van der Waals surface area contributed by atoms with Crippen LogP contribution in [0, 0.1) is 5.92 Å². The minimum absolute atomic E-state index is 0.503. The number of rotatable bonds is 11. The number of fused-ring (bicyclic) bond motifs is 5. The molecule has 0 saturated heterocycles. The first-order valence-electron chi connectivity index (χ1n) is 12.5. The molecule has 2 heterocycles. The summed E-state index contributed by atoms with van der Waals surface area (Å²) < 4.78 is 7.27. The lowest BCUT2D eigenvalue weighted by molar-refractivity contribution is 0.192. The van der Waals surface area contributed by atoms with Crippen LogP contribution in [0.3, 0.4) is 0 Å². The fourth-order valence-corrected chi connectivity index (χ4v) is 4.82. The summed E-state index contributed by atoms with van der Waals surface area (Å²) >= 11 is 0. The molecule has 0 unspecified atom stereocenters. The van der Waals surface area contributed by atoms with E-state index in [1.165, 1.54) is 60.9 Å². The van der Waals surface area contributed by atoms with Crippen LogP contribution in [0.1, 0.15) is 57.9 Å². The first-order valence-corrected chi connectivity index (χ1v) is 12.5. The lowest BCUT2D eigenvalue weighted by Gasteiger charge is -2.30. The van der Waals surface area contributed by atoms with Gasteiger partial charge in [-0.15, -0.1) is 5.10 Å². The SMILES string of the molecule is COCCCCCCCCN1Cc2ccccc2-c2nnn(CC(C)C)c2-c2ccccc21. The van der Waals surface area contributed by atoms with Crippen LogP contribution in [0.25, 0.3) is 22.5 Å². The maximum atomic E-state index is 5.16. The minimum atomic E-state index is 0.503. The van der Waals surface area contributed by atoms with E-state index in [-0.39, 0.29) is 0 Å². The van der Waals surface area contributed by atoms with Gasteiger partial charge in [0.15, 0.2) is 0 Å². The summed E-state index contributed by atoms with van der Waals surface area (Å²) in [6.07, 6.45) is 7.51. The Labute approximate surface area is 198 Å². The van der Waals surface area contributed by atoms with E-state index >= 15 is 0 Å². The maximum Gasteiger partial charge on any atom is 0.121 e. The van der Waals surface area contributed by atoms with Crippen molar-refractivity contribution < 1.29 is 4.74 Å². The Morgan fingerprint density at radius 1 is 0.879 bits per heavy atom. The summed E-state index contributed by atoms with van der Waals surface area (Å²) in [7, 11) is 1.79. The van der Waals surface area contributed by atoms with Crippen molar-refractivity contribution >= 4 is 5.69 Å². The lowest BCUT2D eigenvalue weighted by atomic mass is 9.95. The van der Waals surface area contributed by atoms with Gasteiger partial charge >= 0.3 is 0 Å². The van der Waals surface area contributed by atoms with Crippen molar-refractivity contribution in [3.8, 4) is 22.5 Å². The smallest absolute Gasteiger partial charge is 0.121 e. The molecule has 0 radical (unpaired) electrons. The van der Waals surface area contributed by atoms with Gasteiger partial charge in [-0.1, -0.05) is 87.2 Å². The third-order valence-corrected chi connectivity index (χ3v) is 6.43. The summed E-state index contributed by atoms with van der Waals surface area (Å²) in [5, 5.41) is 9.28. The number of methoxy groups -OCH3 is 1. The fraction of sp³-hybridized carbons (Fsp3) is 0.500. The van der Waals surface area contributed by atoms with Gasteiger partial charge in [0.25, 0.3) is 0 Å². The number of unbranched alkanes of at least 4 members (excludes halogenated alkanes) is 5. The predicted octanol–water partition coefficient (Wildman–Crippen LogP) is 6.58. The molecule has 33 heavy (non-hydrogen) atoms. The average Bonchev–Trinajstić information content (AvgIpc) is 3.21. The molecule has 1 aromatic heterocycles. The molecule has 0 saturated carbocycles. The number of ether oxygens (including phenoxy) is 1. The molecule has 4 rings (SSSR count). The van der Waals surface area contributed by atoms with Crippen molar-refractivity contribution in [1.82, 2.24) is 15.0 Å². The number of aromatic nitrogens is 3. The molecule has 5 nitrogen and oxygen atoms in total. The van der Waals surface area contributed by atoms with E-state index < -0.39 is 0 Å². The normalized spacial score (nSPS) is 12.8. The van der Waals surface area contributed by atoms with Crippen molar-refractivity contribution in [3.05, 3.63) is 54.1 Å². The van der Waals surface area contributed by atoms with E-state index in [2.05, 4.69) is 82.3 Å². The van der Waals surface area contributed by atoms with Crippen LogP contribution >= 0.6 is 0 Å². The van der Waals surface area contributed by atoms with E-state index in [0.29, 0.717) is 5.92 Å². The highest BCUT2D eigenvalue weighted by atomic mass is 16.5. The Bertz CT molecular complexity index is 1030. The predicted molar refractivity (Wildman–Crippen MR) is 136 cm³/mol. The Kier molecular flexibility index (Phi) is 8.16. The van der Waals surface area contributed by atoms with Crippen LogP contribution in [-0.2, 0) is 17.8 Å². The van der Waals surface area contributed by atoms with E-state index in [4.69, 9.17) is 4.74 Å². The molecular weight excluding hydrogens is 408 g/mol. The van der Waals surface area contributed by atoms with Gasteiger partial charge in [0.05, 0.1) is 5.69 Å². The lowest BCUT2D eigenvalue weighted by Crippen LogP contribution is -2.26. The van der Waals surface area contributed by atoms with Crippen molar-refractivity contribution in [2.75, 3.05) is 25.2 Å². The largest absolute Gasteiger partial charge is 0.385 e. The van der Waals surface area contributed by atoms with E-state index in [0.717, 1.165) is 37.6 Å². The zero-order chi connectivity index (χ0) is 23.0. The molecule has 0 spiro atoms. The Hall–Kier alpha value is -2.66. The number of nitrogens with zero attached hydrogens (tertiary/aromatic N) is 4. The average molecular weight is 447 g/mol. The van der Waals surface area contributed by atoms with Crippen molar-refractivity contribution in [2.45, 2.75) is 65.5 Å². The van der Waals surface area contributed by atoms with Gasteiger partial charge in [0.2, 0.25) is 0 Å². The summed E-state index contributed by atoms with van der Waals surface area (Å²) in [4.78, 5) is 2.56. The van der Waals surface area contributed by atoms with Crippen LogP contribution in [0.15, 0.2) is 48.5 Å². The zero-order valence-corrected chi connectivity index (χ0v) is 20.5. The first kappa shape index (κ1) is 23.5. The number of benzene rings is 2. The van der Waals surface area contributed by atoms with Crippen LogP contribution in [-0.4, -0.2) is 35.3 Å². The number of hydrogen-bond donors (Lipinski definition) is 0. The monoisotopic (exact) mass is 446 g/mol. The second kappa shape index (κ2) is 11.5. The van der Waals surface area contributed by atoms with Gasteiger partial charge in [0, 0.05) is 50.2 Å². The molecule has 1 aliphatic heterocycles. The molecule has 0 N–H and O–H groups in total. The highest BCUT2D eigenvalue weighted by Gasteiger charge is 2.26. The summed E-state index contributed by atoms with van der Waals surface area (Å²) in [5.74, 6) is 0.503. The zero-order valence-electron chi connectivity index (χ0n) is 20.5. The topological polar surface area (TPSA) is 43.2 Å². The van der Waals surface area contributed by atoms with Gasteiger partial charge in [-0.3, -0.25) is 0 Å². The van der Waals surface area contributed by atoms with Gasteiger partial charge < -0.3 is 9.64 Å². The second-order valence-electron chi connectivity index (χ2n) is 9.57. The summed E-state index contributed by atoms with van der Waals surface area (Å²) in [6, 6.07) is 17.5. The molecule has 3 aromatic rings. The quantitative estimate of drug-likeness (QED) is 0.312. The molecule has 176 valence electrons. The van der Waals surface area contributed by atoms with E-state index in [1.54, 1.807) is 7.11 Å². The third kappa shape index (κ3) is 5.64. The summed E-state index contributed by atoms with van der Waals surface area (Å²) in [5.41, 5.74) is 7.22. The van der Waals surface area contributed by atoms with Crippen LogP contribution < -0.4 is 4.90 Å². The molecule has 0 atom stereocenters. The van der Waals surface area contributed by atoms with Crippen LogP contribution in [0.5, 0.6) is 0 Å². The van der Waals surface area contributed by atoms with Crippen molar-refractivity contribution in [3.63, 3.8) is 0 Å². The van der Waals surface area contributed by atoms with Crippen LogP contribution in [0.4, 0.5) is 5.69 Å². The number of hydrogen-bond acceptors (Lipinski definition) is 4. The number of para-hydroxylation sites is 1. The van der Waals surface area contributed by atoms with Gasteiger partial charge in [-0.2, -0.15) is 0 Å². The molecule has 0 bridgehead atoms. The molecule has 0 aliphatic carbocycles.